The molecule has 0 saturated heterocycles. The first-order chi connectivity index (χ1) is 7.90. The van der Waals surface area contributed by atoms with Crippen LogP contribution in [-0.2, 0) is 9.59 Å². The SMILES string of the molecule is CC1(C)CC1C(=O)NC1CCCC(C(=O)O)C1. The van der Waals surface area contributed by atoms with Crippen LogP contribution in [0, 0.1) is 17.3 Å². The zero-order chi connectivity index (χ0) is 12.6. The van der Waals surface area contributed by atoms with Crippen molar-refractivity contribution in [1.82, 2.24) is 5.32 Å². The van der Waals surface area contributed by atoms with Crippen molar-refractivity contribution in [2.24, 2.45) is 17.3 Å². The second-order valence-corrected chi connectivity index (χ2v) is 6.15. The summed E-state index contributed by atoms with van der Waals surface area (Å²) in [7, 11) is 0. The van der Waals surface area contributed by atoms with Crippen LogP contribution in [0.4, 0.5) is 0 Å². The second kappa shape index (κ2) is 4.31. The van der Waals surface area contributed by atoms with E-state index in [1.807, 2.05) is 0 Å². The number of carbonyl (C=O) groups is 2. The lowest BCUT2D eigenvalue weighted by Crippen LogP contribution is -2.41. The second-order valence-electron chi connectivity index (χ2n) is 6.15. The molecule has 0 aromatic heterocycles. The summed E-state index contributed by atoms with van der Waals surface area (Å²) < 4.78 is 0. The van der Waals surface area contributed by atoms with Crippen LogP contribution in [0.25, 0.3) is 0 Å². The molecule has 17 heavy (non-hydrogen) atoms. The number of carbonyl (C=O) groups excluding carboxylic acids is 1. The van der Waals surface area contributed by atoms with Gasteiger partial charge in [0.25, 0.3) is 0 Å². The zero-order valence-electron chi connectivity index (χ0n) is 10.5. The Morgan fingerprint density at radius 1 is 1.29 bits per heavy atom. The molecule has 0 aliphatic heterocycles. The van der Waals surface area contributed by atoms with Crippen molar-refractivity contribution in [2.75, 3.05) is 0 Å². The standard InChI is InChI=1S/C13H21NO3/c1-13(2)7-10(13)11(15)14-9-5-3-4-8(6-9)12(16)17/h8-10H,3-7H2,1-2H3,(H,14,15)(H,16,17). The average Bonchev–Trinajstić information content (AvgIpc) is 2.88. The minimum Gasteiger partial charge on any atom is -0.481 e. The lowest BCUT2D eigenvalue weighted by atomic mass is 9.85. The van der Waals surface area contributed by atoms with Gasteiger partial charge in [-0.2, -0.15) is 0 Å². The Hall–Kier alpha value is -1.06. The molecule has 0 radical (unpaired) electrons. The van der Waals surface area contributed by atoms with Crippen molar-refractivity contribution in [3.8, 4) is 0 Å². The number of nitrogens with one attached hydrogen (secondary N) is 1. The Balaban J connectivity index is 1.83. The molecule has 96 valence electrons. The molecular weight excluding hydrogens is 218 g/mol. The molecule has 2 aliphatic carbocycles. The number of rotatable bonds is 3. The van der Waals surface area contributed by atoms with E-state index in [1.165, 1.54) is 0 Å². The molecule has 4 heteroatoms. The number of aliphatic carboxylic acids is 1. The van der Waals surface area contributed by atoms with Gasteiger partial charge in [0.2, 0.25) is 5.91 Å². The predicted molar refractivity (Wildman–Crippen MR) is 63.4 cm³/mol. The molecule has 1 amide bonds. The van der Waals surface area contributed by atoms with Gasteiger partial charge in [0, 0.05) is 12.0 Å². The topological polar surface area (TPSA) is 66.4 Å². The fourth-order valence-electron chi connectivity index (χ4n) is 2.76. The van der Waals surface area contributed by atoms with E-state index in [1.54, 1.807) is 0 Å². The molecule has 2 rings (SSSR count). The van der Waals surface area contributed by atoms with E-state index >= 15 is 0 Å². The van der Waals surface area contributed by atoms with E-state index < -0.39 is 5.97 Å². The minimum atomic E-state index is -0.726. The number of hydrogen-bond acceptors (Lipinski definition) is 2. The first-order valence-electron chi connectivity index (χ1n) is 6.43. The molecular formula is C13H21NO3. The summed E-state index contributed by atoms with van der Waals surface area (Å²) in [6, 6.07) is 0.0637. The van der Waals surface area contributed by atoms with Crippen molar-refractivity contribution in [2.45, 2.75) is 52.0 Å². The Kier molecular flexibility index (Phi) is 3.15. The van der Waals surface area contributed by atoms with Crippen molar-refractivity contribution >= 4 is 11.9 Å². The fourth-order valence-corrected chi connectivity index (χ4v) is 2.76. The molecule has 2 saturated carbocycles. The van der Waals surface area contributed by atoms with E-state index in [2.05, 4.69) is 19.2 Å². The van der Waals surface area contributed by atoms with Crippen LogP contribution in [0.1, 0.15) is 46.0 Å². The van der Waals surface area contributed by atoms with Crippen LogP contribution in [0.15, 0.2) is 0 Å². The van der Waals surface area contributed by atoms with Gasteiger partial charge in [-0.05, 0) is 31.1 Å². The summed E-state index contributed by atoms with van der Waals surface area (Å²) in [5.74, 6) is -0.754. The van der Waals surface area contributed by atoms with Crippen molar-refractivity contribution < 1.29 is 14.7 Å². The normalized spacial score (nSPS) is 35.1. The molecule has 2 fully saturated rings. The van der Waals surface area contributed by atoms with E-state index in [-0.39, 0.29) is 29.2 Å². The maximum Gasteiger partial charge on any atom is 0.306 e. The summed E-state index contributed by atoms with van der Waals surface area (Å²) in [4.78, 5) is 22.8. The summed E-state index contributed by atoms with van der Waals surface area (Å²) in [5, 5.41) is 12.0. The lowest BCUT2D eigenvalue weighted by Gasteiger charge is -2.27. The van der Waals surface area contributed by atoms with Crippen molar-refractivity contribution in [3.05, 3.63) is 0 Å². The minimum absolute atomic E-state index is 0.0637. The van der Waals surface area contributed by atoms with Gasteiger partial charge in [-0.1, -0.05) is 20.3 Å². The molecule has 2 N–H and O–H groups in total. The fraction of sp³-hybridized carbons (Fsp3) is 0.846. The largest absolute Gasteiger partial charge is 0.481 e. The van der Waals surface area contributed by atoms with E-state index in [0.717, 1.165) is 25.7 Å². The van der Waals surface area contributed by atoms with E-state index in [0.29, 0.717) is 6.42 Å². The van der Waals surface area contributed by atoms with E-state index in [9.17, 15) is 9.59 Å². The molecule has 2 aliphatic rings. The highest BCUT2D eigenvalue weighted by Gasteiger charge is 2.50. The van der Waals surface area contributed by atoms with Crippen LogP contribution in [0.5, 0.6) is 0 Å². The third kappa shape index (κ3) is 2.79. The summed E-state index contributed by atoms with van der Waals surface area (Å²) in [6.07, 6.45) is 4.11. The van der Waals surface area contributed by atoms with Crippen molar-refractivity contribution in [1.29, 1.82) is 0 Å². The molecule has 0 aromatic rings. The summed E-state index contributed by atoms with van der Waals surface area (Å²) in [5.41, 5.74) is 0.144. The van der Waals surface area contributed by atoms with Crippen LogP contribution in [0.3, 0.4) is 0 Å². The molecule has 0 spiro atoms. The van der Waals surface area contributed by atoms with Crippen LogP contribution in [-0.4, -0.2) is 23.0 Å². The molecule has 0 bridgehead atoms. The third-order valence-electron chi connectivity index (χ3n) is 4.20. The highest BCUT2D eigenvalue weighted by molar-refractivity contribution is 5.82. The van der Waals surface area contributed by atoms with Crippen LogP contribution < -0.4 is 5.32 Å². The van der Waals surface area contributed by atoms with Gasteiger partial charge in [0.05, 0.1) is 5.92 Å². The van der Waals surface area contributed by atoms with Gasteiger partial charge in [0.15, 0.2) is 0 Å². The lowest BCUT2D eigenvalue weighted by molar-refractivity contribution is -0.143. The predicted octanol–water partition coefficient (Wildman–Crippen LogP) is 1.79. The Labute approximate surface area is 102 Å². The highest BCUT2D eigenvalue weighted by atomic mass is 16.4. The van der Waals surface area contributed by atoms with Gasteiger partial charge in [-0.25, -0.2) is 0 Å². The maximum atomic E-state index is 11.9. The first-order valence-corrected chi connectivity index (χ1v) is 6.43. The highest BCUT2D eigenvalue weighted by Crippen LogP contribution is 2.51. The van der Waals surface area contributed by atoms with E-state index in [4.69, 9.17) is 5.11 Å². The number of amides is 1. The zero-order valence-corrected chi connectivity index (χ0v) is 10.5. The van der Waals surface area contributed by atoms with Gasteiger partial charge in [-0.3, -0.25) is 9.59 Å². The van der Waals surface area contributed by atoms with Gasteiger partial charge in [-0.15, -0.1) is 0 Å². The summed E-state index contributed by atoms with van der Waals surface area (Å²) >= 11 is 0. The molecule has 3 atom stereocenters. The number of hydrogen-bond donors (Lipinski definition) is 2. The Bertz CT molecular complexity index is 338. The first kappa shape index (κ1) is 12.4. The number of carboxylic acid groups (broad SMARTS) is 1. The molecule has 4 nitrogen and oxygen atoms in total. The molecule has 3 unspecified atom stereocenters. The average molecular weight is 239 g/mol. The third-order valence-corrected chi connectivity index (χ3v) is 4.20. The van der Waals surface area contributed by atoms with Crippen molar-refractivity contribution in [3.63, 3.8) is 0 Å². The molecule has 0 heterocycles. The number of carboxylic acids is 1. The van der Waals surface area contributed by atoms with Gasteiger partial charge >= 0.3 is 5.97 Å². The maximum absolute atomic E-state index is 11.9. The monoisotopic (exact) mass is 239 g/mol. The quantitative estimate of drug-likeness (QED) is 0.789. The van der Waals surface area contributed by atoms with Crippen LogP contribution in [0.2, 0.25) is 0 Å². The van der Waals surface area contributed by atoms with Gasteiger partial charge < -0.3 is 10.4 Å². The smallest absolute Gasteiger partial charge is 0.306 e. The Morgan fingerprint density at radius 3 is 2.47 bits per heavy atom. The molecule has 0 aromatic carbocycles. The van der Waals surface area contributed by atoms with Crippen LogP contribution >= 0.6 is 0 Å². The summed E-state index contributed by atoms with van der Waals surface area (Å²) in [6.45, 7) is 4.19. The van der Waals surface area contributed by atoms with Gasteiger partial charge in [0.1, 0.15) is 0 Å². The Morgan fingerprint density at radius 2 is 1.94 bits per heavy atom.